The topological polar surface area (TPSA) is 69.6 Å². The Morgan fingerprint density at radius 2 is 1.80 bits per heavy atom. The molecule has 5 nitrogen and oxygen atoms in total. The minimum atomic E-state index is -0.986. The molecule has 0 saturated heterocycles. The lowest BCUT2D eigenvalue weighted by molar-refractivity contribution is -0.141. The fraction of sp³-hybridized carbons (Fsp3) is 0.867. The normalized spacial score (nSPS) is 18.9. The first kappa shape index (κ1) is 16.8. The van der Waals surface area contributed by atoms with Gasteiger partial charge < -0.3 is 15.3 Å². The predicted molar refractivity (Wildman–Crippen MR) is 78.6 cm³/mol. The van der Waals surface area contributed by atoms with Gasteiger partial charge >= 0.3 is 12.0 Å². The number of carboxylic acid groups (broad SMARTS) is 1. The number of hydrogen-bond acceptors (Lipinski definition) is 2. The van der Waals surface area contributed by atoms with Gasteiger partial charge in [0.05, 0.1) is 0 Å². The van der Waals surface area contributed by atoms with Crippen LogP contribution in [0.15, 0.2) is 0 Å². The van der Waals surface area contributed by atoms with Gasteiger partial charge in [-0.15, -0.1) is 0 Å². The Hall–Kier alpha value is -1.26. The van der Waals surface area contributed by atoms with Gasteiger partial charge in [0.25, 0.3) is 0 Å². The van der Waals surface area contributed by atoms with Gasteiger partial charge in [-0.2, -0.15) is 0 Å². The van der Waals surface area contributed by atoms with Gasteiger partial charge in [0, 0.05) is 13.6 Å². The molecule has 2 amide bonds. The van der Waals surface area contributed by atoms with E-state index in [1.807, 2.05) is 0 Å². The number of aliphatic carboxylic acids is 1. The number of carbonyl (C=O) groups is 2. The molecule has 0 aromatic carbocycles. The molecule has 1 rings (SSSR count). The fourth-order valence-electron chi connectivity index (χ4n) is 3.17. The summed E-state index contributed by atoms with van der Waals surface area (Å²) < 4.78 is 0. The molecule has 0 bridgehead atoms. The lowest BCUT2D eigenvalue weighted by atomic mass is 9.78. The largest absolute Gasteiger partial charge is 0.480 e. The first-order chi connectivity index (χ1) is 9.27. The third-order valence-electron chi connectivity index (χ3n) is 4.38. The third kappa shape index (κ3) is 4.39. The van der Waals surface area contributed by atoms with Crippen molar-refractivity contribution in [3.05, 3.63) is 0 Å². The molecule has 0 radical (unpaired) electrons. The zero-order valence-electron chi connectivity index (χ0n) is 13.1. The van der Waals surface area contributed by atoms with Crippen molar-refractivity contribution in [1.29, 1.82) is 0 Å². The highest BCUT2D eigenvalue weighted by atomic mass is 16.4. The monoisotopic (exact) mass is 284 g/mol. The summed E-state index contributed by atoms with van der Waals surface area (Å²) in [4.78, 5) is 24.2. The molecule has 1 unspecified atom stereocenters. The first-order valence-corrected chi connectivity index (χ1v) is 7.51. The first-order valence-electron chi connectivity index (χ1n) is 7.51. The summed E-state index contributed by atoms with van der Waals surface area (Å²) in [5.74, 6) is -0.374. The van der Waals surface area contributed by atoms with Crippen LogP contribution in [0.1, 0.15) is 52.9 Å². The zero-order valence-corrected chi connectivity index (χ0v) is 13.1. The van der Waals surface area contributed by atoms with Gasteiger partial charge in [-0.1, -0.05) is 26.7 Å². The van der Waals surface area contributed by atoms with Crippen LogP contribution in [-0.4, -0.2) is 41.6 Å². The van der Waals surface area contributed by atoms with E-state index < -0.39 is 12.0 Å². The summed E-state index contributed by atoms with van der Waals surface area (Å²) in [5.41, 5.74) is 0.205. The van der Waals surface area contributed by atoms with Crippen LogP contribution < -0.4 is 5.32 Å². The molecule has 0 aromatic rings. The molecule has 0 aliphatic heterocycles. The number of carboxylic acids is 1. The van der Waals surface area contributed by atoms with Crippen LogP contribution in [0.4, 0.5) is 4.79 Å². The van der Waals surface area contributed by atoms with Crippen molar-refractivity contribution >= 4 is 12.0 Å². The SMILES string of the molecule is CC(C)CC1(CNC(=O)N(C)C(C)C(=O)O)CCCC1. The Balaban J connectivity index is 2.55. The van der Waals surface area contributed by atoms with Crippen molar-refractivity contribution in [3.8, 4) is 0 Å². The van der Waals surface area contributed by atoms with Crippen molar-refractivity contribution in [2.45, 2.75) is 58.9 Å². The van der Waals surface area contributed by atoms with E-state index in [1.165, 1.54) is 31.7 Å². The molecule has 0 spiro atoms. The van der Waals surface area contributed by atoms with Crippen molar-refractivity contribution < 1.29 is 14.7 Å². The molecular formula is C15H28N2O3. The second kappa shape index (κ2) is 6.95. The number of urea groups is 1. The van der Waals surface area contributed by atoms with E-state index in [9.17, 15) is 9.59 Å². The molecular weight excluding hydrogens is 256 g/mol. The lowest BCUT2D eigenvalue weighted by Crippen LogP contribution is -2.48. The zero-order chi connectivity index (χ0) is 15.3. The Kier molecular flexibility index (Phi) is 5.84. The quantitative estimate of drug-likeness (QED) is 0.788. The van der Waals surface area contributed by atoms with Crippen molar-refractivity contribution in [2.75, 3.05) is 13.6 Å². The second-order valence-corrected chi connectivity index (χ2v) is 6.59. The maximum absolute atomic E-state index is 12.0. The maximum atomic E-state index is 12.0. The third-order valence-corrected chi connectivity index (χ3v) is 4.38. The maximum Gasteiger partial charge on any atom is 0.326 e. The highest BCUT2D eigenvalue weighted by Gasteiger charge is 2.35. The van der Waals surface area contributed by atoms with Gasteiger partial charge in [0.1, 0.15) is 6.04 Å². The highest BCUT2D eigenvalue weighted by molar-refractivity contribution is 5.82. The molecule has 1 aliphatic carbocycles. The number of nitrogens with zero attached hydrogens (tertiary/aromatic N) is 1. The van der Waals surface area contributed by atoms with Gasteiger partial charge in [0.2, 0.25) is 0 Å². The summed E-state index contributed by atoms with van der Waals surface area (Å²) in [6.07, 6.45) is 5.88. The molecule has 116 valence electrons. The minimum absolute atomic E-state index is 0.205. The fourth-order valence-corrected chi connectivity index (χ4v) is 3.17. The molecule has 2 N–H and O–H groups in total. The lowest BCUT2D eigenvalue weighted by Gasteiger charge is -2.32. The van der Waals surface area contributed by atoms with E-state index in [-0.39, 0.29) is 11.4 Å². The molecule has 1 aliphatic rings. The summed E-state index contributed by atoms with van der Waals surface area (Å²) in [5, 5.41) is 11.9. The van der Waals surface area contributed by atoms with Crippen LogP contribution in [0, 0.1) is 11.3 Å². The second-order valence-electron chi connectivity index (χ2n) is 6.59. The number of rotatable bonds is 6. The molecule has 20 heavy (non-hydrogen) atoms. The standard InChI is InChI=1S/C15H28N2O3/c1-11(2)9-15(7-5-6-8-15)10-16-14(20)17(4)12(3)13(18)19/h11-12H,5-10H2,1-4H3,(H,16,20)(H,18,19). The number of nitrogens with one attached hydrogen (secondary N) is 1. The van der Waals surface area contributed by atoms with E-state index >= 15 is 0 Å². The Morgan fingerprint density at radius 3 is 2.25 bits per heavy atom. The van der Waals surface area contributed by atoms with Crippen LogP contribution >= 0.6 is 0 Å². The van der Waals surface area contributed by atoms with Crippen molar-refractivity contribution in [3.63, 3.8) is 0 Å². The van der Waals surface area contributed by atoms with Crippen LogP contribution in [0.25, 0.3) is 0 Å². The van der Waals surface area contributed by atoms with E-state index in [2.05, 4.69) is 19.2 Å². The van der Waals surface area contributed by atoms with Gasteiger partial charge in [-0.05, 0) is 37.5 Å². The van der Waals surface area contributed by atoms with Crippen molar-refractivity contribution in [2.24, 2.45) is 11.3 Å². The smallest absolute Gasteiger partial charge is 0.326 e. The van der Waals surface area contributed by atoms with Gasteiger partial charge in [0.15, 0.2) is 0 Å². The molecule has 1 atom stereocenters. The number of amides is 2. The van der Waals surface area contributed by atoms with Gasteiger partial charge in [-0.25, -0.2) is 9.59 Å². The molecule has 1 fully saturated rings. The van der Waals surface area contributed by atoms with E-state index in [0.29, 0.717) is 12.5 Å². The number of carbonyl (C=O) groups excluding carboxylic acids is 1. The molecule has 0 aromatic heterocycles. The van der Waals surface area contributed by atoms with E-state index in [4.69, 9.17) is 5.11 Å². The van der Waals surface area contributed by atoms with Gasteiger partial charge in [-0.3, -0.25) is 0 Å². The predicted octanol–water partition coefficient (Wildman–Crippen LogP) is 2.71. The average molecular weight is 284 g/mol. The van der Waals surface area contributed by atoms with Crippen LogP contribution in [0.5, 0.6) is 0 Å². The minimum Gasteiger partial charge on any atom is -0.480 e. The van der Waals surface area contributed by atoms with Crippen molar-refractivity contribution in [1.82, 2.24) is 10.2 Å². The van der Waals surface area contributed by atoms with Crippen LogP contribution in [0.2, 0.25) is 0 Å². The molecule has 5 heteroatoms. The Labute approximate surface area is 121 Å². The molecule has 1 saturated carbocycles. The number of hydrogen-bond donors (Lipinski definition) is 2. The highest BCUT2D eigenvalue weighted by Crippen LogP contribution is 2.42. The molecule has 0 heterocycles. The van der Waals surface area contributed by atoms with Crippen LogP contribution in [-0.2, 0) is 4.79 Å². The average Bonchev–Trinajstić information content (AvgIpc) is 2.82. The summed E-state index contributed by atoms with van der Waals surface area (Å²) in [7, 11) is 1.53. The Bertz CT molecular complexity index is 349. The summed E-state index contributed by atoms with van der Waals surface area (Å²) >= 11 is 0. The summed E-state index contributed by atoms with van der Waals surface area (Å²) in [6.45, 7) is 6.59. The van der Waals surface area contributed by atoms with Crippen LogP contribution in [0.3, 0.4) is 0 Å². The Morgan fingerprint density at radius 1 is 1.25 bits per heavy atom. The summed E-state index contributed by atoms with van der Waals surface area (Å²) in [6, 6.07) is -1.10. The number of likely N-dealkylation sites (N-methyl/N-ethyl adjacent to an activating group) is 1. The van der Waals surface area contributed by atoms with E-state index in [0.717, 1.165) is 19.3 Å². The van der Waals surface area contributed by atoms with E-state index in [1.54, 1.807) is 0 Å².